The summed E-state index contributed by atoms with van der Waals surface area (Å²) in [6, 6.07) is 0. The molecule has 0 amide bonds. The van der Waals surface area contributed by atoms with Crippen molar-refractivity contribution in [2.45, 2.75) is 149 Å². The van der Waals surface area contributed by atoms with Gasteiger partial charge in [0.25, 0.3) is 0 Å². The molecule has 35 nitrogen and oxygen atoms in total. The molecule has 1 unspecified atom stereocenters. The number of hydrogen-bond donors (Lipinski definition) is 0. The molecule has 0 radical (unpaired) electrons. The minimum absolute atomic E-state index is 0. The third-order valence-electron chi connectivity index (χ3n) is 10.7. The van der Waals surface area contributed by atoms with Crippen molar-refractivity contribution in [3.8, 4) is 0 Å². The fourth-order valence-electron chi connectivity index (χ4n) is 5.13. The first-order valence-corrected chi connectivity index (χ1v) is 35.5. The highest BCUT2D eigenvalue weighted by atomic mass is 32.2. The molecule has 0 N–H and O–H groups in total. The van der Waals surface area contributed by atoms with Gasteiger partial charge in [0.2, 0.25) is 29.1 Å². The topological polar surface area (TPSA) is 549 Å². The standard InChI is InChI=1S/C12H17F3O7S.C11H15F3O7S.C10H11F5O7S.C10H13F3O7S.C9H11F3O7S.CH4/c1-9(13)11(17)21-7-5-3-2-4-6-10(16)22-8-12(14,15)23(18,19)20;1-8(12)10(16)20-6-4-2-3-5-9(15)21-7-11(13,14)22(17,18)19;1-3-6(22-7(16)5(2)11)10(14,15)8(17)21-4-9(12,13)23(18,19)20;1-7(11)9(15)19-5-3-2-4-8(14)20-6-10(12,13)21(16,17)18;1-6(10)8(14)18-4-2-3-7(13)19-5-9(11,12)20(15,16)17;/h1-8H2,(H,18,19,20);1-7H2,(H,17,18,19);6H,2-4H2,1H3,(H,18,19,20);1-6H2,(H,16,17,18);1-5H2,(H,15,16,17);1H4/p-5. The average molecular weight is 1750 g/mol. The van der Waals surface area contributed by atoms with Crippen LogP contribution in [0.3, 0.4) is 0 Å². The van der Waals surface area contributed by atoms with Gasteiger partial charge in [-0.15, -0.1) is 0 Å². The highest BCUT2D eigenvalue weighted by Gasteiger charge is 2.53. The third kappa shape index (κ3) is 50.5. The fraction of sp³-hybridized carbons (Fsp3) is 0.623. The number of ether oxygens (including phenoxy) is 10. The van der Waals surface area contributed by atoms with Gasteiger partial charge in [-0.05, 0) is 57.8 Å². The Morgan fingerprint density at radius 2 is 0.500 bits per heavy atom. The Hall–Kier alpha value is -8.24. The van der Waals surface area contributed by atoms with Gasteiger partial charge in [-0.1, -0.05) is 60.1 Å². The first-order chi connectivity index (χ1) is 49.0. The first-order valence-electron chi connectivity index (χ1n) is 28.5. The molecule has 0 spiro atoms. The van der Waals surface area contributed by atoms with E-state index in [0.29, 0.717) is 25.7 Å². The molecule has 1 atom stereocenters. The molecular formula is C53H66F17O35S5-5. The zero-order valence-electron chi connectivity index (χ0n) is 55.3. The predicted octanol–water partition coefficient (Wildman–Crippen LogP) is 5.98. The van der Waals surface area contributed by atoms with Gasteiger partial charge in [-0.2, -0.15) is 74.6 Å². The summed E-state index contributed by atoms with van der Waals surface area (Å²) in [6.07, 6.45) is -2.28. The maximum absolute atomic E-state index is 13.6. The number of rotatable bonds is 46. The normalized spacial score (nSPS) is 12.2. The summed E-state index contributed by atoms with van der Waals surface area (Å²) in [6.45, 7) is 3.60. The molecule has 0 aliphatic carbocycles. The van der Waals surface area contributed by atoms with E-state index in [9.17, 15) is 187 Å². The van der Waals surface area contributed by atoms with Gasteiger partial charge in [0.1, 0.15) is 0 Å². The van der Waals surface area contributed by atoms with Crippen molar-refractivity contribution >= 4 is 110 Å². The molecule has 57 heteroatoms. The largest absolute Gasteiger partial charge is 0.743 e. The number of esters is 10. The monoisotopic (exact) mass is 1750 g/mol. The average Bonchev–Trinajstić information content (AvgIpc) is 0.837. The lowest BCUT2D eigenvalue weighted by atomic mass is 10.1. The lowest BCUT2D eigenvalue weighted by Gasteiger charge is -2.25. The number of unbranched alkanes of at least 4 members (excludes halogenated alkanes) is 6. The maximum atomic E-state index is 13.6. The Morgan fingerprint density at radius 3 is 0.727 bits per heavy atom. The van der Waals surface area contributed by atoms with E-state index in [4.69, 9.17) is 0 Å². The summed E-state index contributed by atoms with van der Waals surface area (Å²) in [4.78, 5) is 108. The lowest BCUT2D eigenvalue weighted by Crippen LogP contribution is -2.46. The molecule has 0 aromatic heterocycles. The van der Waals surface area contributed by atoms with Gasteiger partial charge in [-0.3, -0.25) is 19.2 Å². The molecular weight excluding hydrogens is 1680 g/mol. The van der Waals surface area contributed by atoms with Crippen LogP contribution in [0.4, 0.5) is 74.6 Å². The summed E-state index contributed by atoms with van der Waals surface area (Å²) in [7, 11) is -29.9. The Labute approximate surface area is 613 Å². The second kappa shape index (κ2) is 51.3. The van der Waals surface area contributed by atoms with Gasteiger partial charge in [-0.25, -0.2) is 70.9 Å². The minimum Gasteiger partial charge on any atom is -0.743 e. The zero-order chi connectivity index (χ0) is 86.8. The van der Waals surface area contributed by atoms with Gasteiger partial charge >= 0.3 is 91.9 Å². The van der Waals surface area contributed by atoms with E-state index in [1.165, 1.54) is 0 Å². The summed E-state index contributed by atoms with van der Waals surface area (Å²) < 4.78 is 407. The molecule has 0 fully saturated rings. The Bertz CT molecular complexity index is 3730. The van der Waals surface area contributed by atoms with Crippen LogP contribution in [-0.2, 0) is 146 Å². The van der Waals surface area contributed by atoms with Crippen LogP contribution in [0.25, 0.3) is 0 Å². The van der Waals surface area contributed by atoms with Crippen molar-refractivity contribution in [2.75, 3.05) is 59.5 Å². The molecule has 0 heterocycles. The second-order valence-corrected chi connectivity index (χ2v) is 27.2. The van der Waals surface area contributed by atoms with Gasteiger partial charge in [0.15, 0.2) is 89.7 Å². The van der Waals surface area contributed by atoms with Gasteiger partial charge in [0.05, 0.1) is 26.4 Å². The molecule has 0 rings (SSSR count). The molecule has 0 saturated heterocycles. The minimum atomic E-state index is -6.25. The van der Waals surface area contributed by atoms with Gasteiger partial charge in [0, 0.05) is 25.7 Å². The molecule has 0 aromatic carbocycles. The Kier molecular flexibility index (Phi) is 52.6. The van der Waals surface area contributed by atoms with Crippen molar-refractivity contribution in [1.82, 2.24) is 0 Å². The van der Waals surface area contributed by atoms with Crippen LogP contribution in [0, 0.1) is 0 Å². The van der Waals surface area contributed by atoms with Crippen LogP contribution in [0.5, 0.6) is 0 Å². The van der Waals surface area contributed by atoms with Crippen LogP contribution in [-0.4, -0.2) is 222 Å². The highest BCUT2D eigenvalue weighted by molar-refractivity contribution is 7.87. The molecule has 110 heavy (non-hydrogen) atoms. The fourth-order valence-corrected chi connectivity index (χ4v) is 6.14. The van der Waals surface area contributed by atoms with Crippen molar-refractivity contribution in [2.24, 2.45) is 0 Å². The third-order valence-corrected chi connectivity index (χ3v) is 15.0. The quantitative estimate of drug-likeness (QED) is 0.0169. The molecule has 0 aromatic rings. The van der Waals surface area contributed by atoms with Crippen LogP contribution in [0.1, 0.15) is 111 Å². The number of carbonyl (C=O) groups excluding carboxylic acids is 10. The molecule has 0 aliphatic heterocycles. The van der Waals surface area contributed by atoms with Crippen LogP contribution in [0.15, 0.2) is 62.0 Å². The molecule has 0 bridgehead atoms. The SMILES string of the molecule is C.C=C(F)C(=O)OC(CC)C(F)(F)C(=O)OCC(F)(F)S(=O)(=O)[O-].C=C(F)C(=O)OCCCC(=O)OCC(F)(F)S(=O)(=O)[O-].C=C(F)C(=O)OCCCCC(=O)OCC(F)(F)S(=O)(=O)[O-].C=C(F)C(=O)OCCCCCC(=O)OCC(F)(F)S(=O)(=O)[O-].C=C(F)C(=O)OCCCCCCC(=O)OCC(F)(F)S(=O)(=O)[O-]. The van der Waals surface area contributed by atoms with Crippen molar-refractivity contribution < 1.29 is 235 Å². The Balaban J connectivity index is -0.000000307. The predicted molar refractivity (Wildman–Crippen MR) is 320 cm³/mol. The van der Waals surface area contributed by atoms with E-state index in [2.05, 4.69) is 80.3 Å². The van der Waals surface area contributed by atoms with E-state index in [1.807, 2.05) is 0 Å². The first kappa shape index (κ1) is 113. The smallest absolute Gasteiger partial charge is 0.381 e. The van der Waals surface area contributed by atoms with E-state index in [1.54, 1.807) is 0 Å². The van der Waals surface area contributed by atoms with Crippen LogP contribution in [0.2, 0.25) is 0 Å². The number of carbonyl (C=O) groups is 10. The molecule has 642 valence electrons. The summed E-state index contributed by atoms with van der Waals surface area (Å²) >= 11 is 0. The second-order valence-electron chi connectivity index (χ2n) is 19.7. The number of hydrogen-bond acceptors (Lipinski definition) is 35. The number of alkyl halides is 12. The van der Waals surface area contributed by atoms with Crippen molar-refractivity contribution in [3.63, 3.8) is 0 Å². The van der Waals surface area contributed by atoms with E-state index < -0.39 is 230 Å². The molecule has 0 saturated carbocycles. The maximum Gasteiger partial charge on any atom is 0.381 e. The van der Waals surface area contributed by atoms with E-state index >= 15 is 0 Å². The molecule has 0 aliphatic rings. The van der Waals surface area contributed by atoms with Crippen molar-refractivity contribution in [3.05, 3.63) is 62.0 Å². The van der Waals surface area contributed by atoms with Crippen molar-refractivity contribution in [1.29, 1.82) is 0 Å². The van der Waals surface area contributed by atoms with Crippen LogP contribution >= 0.6 is 0 Å². The van der Waals surface area contributed by atoms with Crippen LogP contribution < -0.4 is 0 Å². The summed E-state index contributed by atoms with van der Waals surface area (Å²) in [5, 5.41) is -23.9. The number of halogens is 17. The summed E-state index contributed by atoms with van der Waals surface area (Å²) in [5.41, 5.74) is 0. The summed E-state index contributed by atoms with van der Waals surface area (Å²) in [5.74, 6) is -25.6. The van der Waals surface area contributed by atoms with E-state index in [0.717, 1.165) is 6.92 Å². The van der Waals surface area contributed by atoms with Gasteiger partial charge < -0.3 is 70.1 Å². The highest BCUT2D eigenvalue weighted by Crippen LogP contribution is 2.30. The van der Waals surface area contributed by atoms with E-state index in [-0.39, 0.29) is 85.0 Å². The zero-order valence-corrected chi connectivity index (χ0v) is 59.4. The lowest BCUT2D eigenvalue weighted by molar-refractivity contribution is -0.201. The Morgan fingerprint density at radius 1 is 0.309 bits per heavy atom.